The Morgan fingerprint density at radius 1 is 0.784 bits per heavy atom. The van der Waals surface area contributed by atoms with E-state index < -0.39 is 6.04 Å². The van der Waals surface area contributed by atoms with Gasteiger partial charge in [0.05, 0.1) is 18.8 Å². The maximum atomic E-state index is 13.0. The Kier molecular flexibility index (Phi) is 12.3. The molecule has 6 nitrogen and oxygen atoms in total. The molecule has 1 atom stereocenters. The lowest BCUT2D eigenvalue weighted by molar-refractivity contribution is -0.146. The lowest BCUT2D eigenvalue weighted by Crippen LogP contribution is -2.42. The van der Waals surface area contributed by atoms with Crippen molar-refractivity contribution in [3.63, 3.8) is 0 Å². The van der Waals surface area contributed by atoms with Crippen molar-refractivity contribution >= 4 is 41.8 Å². The highest BCUT2D eigenvalue weighted by molar-refractivity contribution is 7.98. The number of amides is 1. The molecule has 1 aliphatic heterocycles. The third-order valence-corrected chi connectivity index (χ3v) is 6.85. The highest BCUT2D eigenvalue weighted by Crippen LogP contribution is 2.15. The fraction of sp³-hybridized carbons (Fsp3) is 0.433. The number of esters is 2. The van der Waals surface area contributed by atoms with Gasteiger partial charge in [-0.25, -0.2) is 9.59 Å². The lowest BCUT2D eigenvalue weighted by Gasteiger charge is -2.17. The molecule has 198 valence electrons. The second-order valence-electron chi connectivity index (χ2n) is 9.17. The minimum atomic E-state index is -0.674. The molecular formula is C30H37NO5S. The predicted octanol–water partition coefficient (Wildman–Crippen LogP) is 6.15. The number of carbonyl (C=O) groups is 3. The molecule has 1 N–H and O–H groups in total. The first-order valence-corrected chi connectivity index (χ1v) is 14.5. The minimum absolute atomic E-state index is 0.308. The van der Waals surface area contributed by atoms with Gasteiger partial charge >= 0.3 is 11.9 Å². The summed E-state index contributed by atoms with van der Waals surface area (Å²) in [7, 11) is 0. The number of benzene rings is 2. The van der Waals surface area contributed by atoms with E-state index in [0.29, 0.717) is 30.8 Å². The SMILES string of the molecule is CSCC[C@@H]1NC(=O)c2cccc(c2)/C=C\c2cccc(c2)C(=O)OCCCCCCCCCOC1=O. The van der Waals surface area contributed by atoms with Crippen LogP contribution in [0.5, 0.6) is 0 Å². The van der Waals surface area contributed by atoms with E-state index in [9.17, 15) is 14.4 Å². The molecule has 2 aromatic rings. The second kappa shape index (κ2) is 15.9. The van der Waals surface area contributed by atoms with Crippen LogP contribution >= 0.6 is 11.8 Å². The Morgan fingerprint density at radius 3 is 2.00 bits per heavy atom. The number of fused-ring (bicyclic) bond motifs is 4. The van der Waals surface area contributed by atoms with Crippen LogP contribution in [0.15, 0.2) is 48.5 Å². The van der Waals surface area contributed by atoms with Crippen LogP contribution in [0.4, 0.5) is 0 Å². The summed E-state index contributed by atoms with van der Waals surface area (Å²) in [6, 6.07) is 13.8. The molecule has 0 unspecified atom stereocenters. The first-order chi connectivity index (χ1) is 18.1. The van der Waals surface area contributed by atoms with Crippen LogP contribution in [-0.4, -0.2) is 49.1 Å². The van der Waals surface area contributed by atoms with Crippen LogP contribution in [0, 0.1) is 0 Å². The maximum Gasteiger partial charge on any atom is 0.338 e. The van der Waals surface area contributed by atoms with Gasteiger partial charge in [-0.15, -0.1) is 0 Å². The molecule has 0 spiro atoms. The number of hydrogen-bond donors (Lipinski definition) is 1. The van der Waals surface area contributed by atoms with E-state index in [1.807, 2.05) is 42.7 Å². The van der Waals surface area contributed by atoms with Crippen LogP contribution in [0.2, 0.25) is 0 Å². The zero-order valence-corrected chi connectivity index (χ0v) is 22.4. The van der Waals surface area contributed by atoms with E-state index in [1.54, 1.807) is 36.0 Å². The van der Waals surface area contributed by atoms with Crippen molar-refractivity contribution in [2.75, 3.05) is 25.2 Å². The number of rotatable bonds is 3. The van der Waals surface area contributed by atoms with Gasteiger partial charge < -0.3 is 14.8 Å². The predicted molar refractivity (Wildman–Crippen MR) is 150 cm³/mol. The molecule has 0 saturated heterocycles. The van der Waals surface area contributed by atoms with Crippen LogP contribution in [0.3, 0.4) is 0 Å². The van der Waals surface area contributed by atoms with Gasteiger partial charge in [-0.1, -0.05) is 68.5 Å². The van der Waals surface area contributed by atoms with E-state index in [2.05, 4.69) is 5.32 Å². The Balaban J connectivity index is 1.76. The van der Waals surface area contributed by atoms with Crippen molar-refractivity contribution in [1.29, 1.82) is 0 Å². The molecule has 0 aromatic heterocycles. The first-order valence-electron chi connectivity index (χ1n) is 13.1. The van der Waals surface area contributed by atoms with Gasteiger partial charge in [0, 0.05) is 5.56 Å². The second-order valence-corrected chi connectivity index (χ2v) is 10.2. The number of carbonyl (C=O) groups excluding carboxylic acids is 3. The fourth-order valence-corrected chi connectivity index (χ4v) is 4.55. The minimum Gasteiger partial charge on any atom is -0.464 e. The van der Waals surface area contributed by atoms with Gasteiger partial charge in [0.1, 0.15) is 6.04 Å². The van der Waals surface area contributed by atoms with Crippen molar-refractivity contribution in [2.24, 2.45) is 0 Å². The van der Waals surface area contributed by atoms with E-state index in [-0.39, 0.29) is 17.8 Å². The summed E-state index contributed by atoms with van der Waals surface area (Å²) >= 11 is 1.63. The largest absolute Gasteiger partial charge is 0.464 e. The Morgan fingerprint density at radius 2 is 1.35 bits per heavy atom. The van der Waals surface area contributed by atoms with E-state index in [1.165, 1.54) is 0 Å². The van der Waals surface area contributed by atoms with E-state index in [0.717, 1.165) is 61.8 Å². The van der Waals surface area contributed by atoms with Gasteiger partial charge in [-0.2, -0.15) is 11.8 Å². The molecular weight excluding hydrogens is 486 g/mol. The standard InChI is InChI=1S/C30H37NO5S/c1-37-20-17-27-30(34)36-19-8-6-4-2-3-5-7-18-35-29(33)26-14-10-12-24(22-26)16-15-23-11-9-13-25(21-23)28(32)31-27/h9-16,21-22,27H,2-8,17-20H2,1H3,(H,31,32)/b16-15-/t27-/m0/s1. The third-order valence-electron chi connectivity index (χ3n) is 6.21. The van der Waals surface area contributed by atoms with Crippen molar-refractivity contribution < 1.29 is 23.9 Å². The number of hydrogen-bond acceptors (Lipinski definition) is 6. The maximum absolute atomic E-state index is 13.0. The lowest BCUT2D eigenvalue weighted by atomic mass is 10.1. The summed E-state index contributed by atoms with van der Waals surface area (Å²) < 4.78 is 11.0. The van der Waals surface area contributed by atoms with Crippen molar-refractivity contribution in [1.82, 2.24) is 5.32 Å². The molecule has 2 aromatic carbocycles. The zero-order valence-electron chi connectivity index (χ0n) is 21.6. The average molecular weight is 524 g/mol. The number of thioether (sulfide) groups is 1. The van der Waals surface area contributed by atoms with Crippen molar-refractivity contribution in [3.8, 4) is 0 Å². The van der Waals surface area contributed by atoms with Gasteiger partial charge in [-0.05, 0) is 66.7 Å². The molecule has 37 heavy (non-hydrogen) atoms. The van der Waals surface area contributed by atoms with Crippen LogP contribution < -0.4 is 5.32 Å². The van der Waals surface area contributed by atoms with Crippen LogP contribution in [0.1, 0.15) is 83.2 Å². The first kappa shape index (κ1) is 28.5. The quantitative estimate of drug-likeness (QED) is 0.486. The van der Waals surface area contributed by atoms with E-state index in [4.69, 9.17) is 9.47 Å². The Labute approximate surface area is 224 Å². The average Bonchev–Trinajstić information content (AvgIpc) is 2.92. The Bertz CT molecular complexity index is 1070. The monoisotopic (exact) mass is 523 g/mol. The molecule has 4 bridgehead atoms. The van der Waals surface area contributed by atoms with Crippen molar-refractivity contribution in [3.05, 3.63) is 70.8 Å². The smallest absolute Gasteiger partial charge is 0.338 e. The van der Waals surface area contributed by atoms with Gasteiger partial charge in [0.25, 0.3) is 5.91 Å². The van der Waals surface area contributed by atoms with Gasteiger partial charge in [0.15, 0.2) is 0 Å². The number of cyclic esters (lactones) is 2. The summed E-state index contributed by atoms with van der Waals surface area (Å²) in [5.74, 6) is -0.246. The van der Waals surface area contributed by atoms with Gasteiger partial charge in [-0.3, -0.25) is 4.79 Å². The molecule has 0 aliphatic carbocycles. The summed E-state index contributed by atoms with van der Waals surface area (Å²) in [5.41, 5.74) is 2.68. The molecule has 0 radical (unpaired) electrons. The molecule has 0 fully saturated rings. The molecule has 1 heterocycles. The van der Waals surface area contributed by atoms with Crippen LogP contribution in [0.25, 0.3) is 12.2 Å². The molecule has 0 saturated carbocycles. The third kappa shape index (κ3) is 10.1. The molecule has 7 heteroatoms. The van der Waals surface area contributed by atoms with Crippen LogP contribution in [-0.2, 0) is 14.3 Å². The normalized spacial score (nSPS) is 19.6. The number of ether oxygens (including phenoxy) is 2. The molecule has 1 aliphatic rings. The summed E-state index contributed by atoms with van der Waals surface area (Å²) in [6.45, 7) is 0.780. The highest BCUT2D eigenvalue weighted by atomic mass is 32.2. The fourth-order valence-electron chi connectivity index (χ4n) is 4.08. The molecule has 1 amide bonds. The zero-order chi connectivity index (χ0) is 26.3. The van der Waals surface area contributed by atoms with Crippen molar-refractivity contribution in [2.45, 2.75) is 57.4 Å². The molecule has 3 rings (SSSR count). The highest BCUT2D eigenvalue weighted by Gasteiger charge is 2.22. The van der Waals surface area contributed by atoms with Gasteiger partial charge in [0.2, 0.25) is 0 Å². The number of nitrogens with one attached hydrogen (secondary N) is 1. The summed E-state index contributed by atoms with van der Waals surface area (Å²) in [6.07, 6.45) is 13.2. The topological polar surface area (TPSA) is 81.7 Å². The van der Waals surface area contributed by atoms with E-state index >= 15 is 0 Å². The summed E-state index contributed by atoms with van der Waals surface area (Å²) in [5, 5.41) is 2.87. The Hall–Kier alpha value is -3.06. The summed E-state index contributed by atoms with van der Waals surface area (Å²) in [4.78, 5) is 38.1.